The third-order valence-corrected chi connectivity index (χ3v) is 5.48. The van der Waals surface area contributed by atoms with Gasteiger partial charge in [-0.3, -0.25) is 0 Å². The first-order chi connectivity index (χ1) is 10.6. The molecule has 1 saturated carbocycles. The topological polar surface area (TPSA) is 58.4 Å². The van der Waals surface area contributed by atoms with Gasteiger partial charge in [-0.25, -0.2) is 4.79 Å². The Morgan fingerprint density at radius 3 is 2.73 bits per heavy atom. The molecule has 2 aliphatic rings. The molecular weight excluding hydrogens is 298 g/mol. The molecule has 5 heteroatoms. The fraction of sp³-hybridized carbons (Fsp3) is 0.588. The number of hydrogen-bond acceptors (Lipinski definition) is 2. The van der Waals surface area contributed by atoms with Gasteiger partial charge >= 0.3 is 6.03 Å². The minimum atomic E-state index is 0.0973. The van der Waals surface area contributed by atoms with Crippen LogP contribution in [0.1, 0.15) is 31.2 Å². The highest BCUT2D eigenvalue weighted by Crippen LogP contribution is 2.40. The van der Waals surface area contributed by atoms with Gasteiger partial charge in [0.25, 0.3) is 0 Å². The second kappa shape index (κ2) is 6.47. The lowest BCUT2D eigenvalue weighted by Gasteiger charge is -2.42. The van der Waals surface area contributed by atoms with Gasteiger partial charge in [-0.05, 0) is 61.8 Å². The summed E-state index contributed by atoms with van der Waals surface area (Å²) in [5.41, 5.74) is 7.53. The fourth-order valence-corrected chi connectivity index (χ4v) is 4.11. The van der Waals surface area contributed by atoms with Crippen molar-refractivity contribution in [1.29, 1.82) is 0 Å². The van der Waals surface area contributed by atoms with Crippen LogP contribution in [0.2, 0.25) is 5.02 Å². The quantitative estimate of drug-likeness (QED) is 0.896. The molecule has 0 bridgehead atoms. The molecule has 1 aliphatic heterocycles. The van der Waals surface area contributed by atoms with Crippen molar-refractivity contribution in [3.8, 4) is 0 Å². The van der Waals surface area contributed by atoms with Gasteiger partial charge in [0.1, 0.15) is 0 Å². The summed E-state index contributed by atoms with van der Waals surface area (Å²) < 4.78 is 0. The highest BCUT2D eigenvalue weighted by atomic mass is 35.5. The number of hydrogen-bond donors (Lipinski definition) is 2. The largest absolute Gasteiger partial charge is 0.336 e. The third kappa shape index (κ3) is 3.23. The van der Waals surface area contributed by atoms with Crippen LogP contribution in [0.4, 0.5) is 4.79 Å². The highest BCUT2D eigenvalue weighted by molar-refractivity contribution is 6.30. The van der Waals surface area contributed by atoms with Crippen LogP contribution in [-0.2, 0) is 6.42 Å². The Hall–Kier alpha value is -1.26. The van der Waals surface area contributed by atoms with E-state index in [1.54, 1.807) is 0 Å². The summed E-state index contributed by atoms with van der Waals surface area (Å²) in [5, 5.41) is 3.68. The molecule has 0 radical (unpaired) electrons. The minimum Gasteiger partial charge on any atom is -0.336 e. The summed E-state index contributed by atoms with van der Waals surface area (Å²) in [6.07, 6.45) is 5.22. The number of amides is 2. The standard InChI is InChI=1S/C17H24ClN3O/c18-14-3-1-2-13(10-14)11-17(12-19)6-4-15(5-7-17)21-9-8-20-16(21)22/h1-3,10,15H,4-9,11-12,19H2,(H,20,22)/t15-,17+. The number of rotatable bonds is 4. The van der Waals surface area contributed by atoms with E-state index in [0.29, 0.717) is 12.6 Å². The minimum absolute atomic E-state index is 0.0973. The molecule has 1 aromatic rings. The van der Waals surface area contributed by atoms with Crippen LogP contribution in [0.25, 0.3) is 0 Å². The van der Waals surface area contributed by atoms with E-state index in [0.717, 1.165) is 50.2 Å². The summed E-state index contributed by atoms with van der Waals surface area (Å²) in [4.78, 5) is 13.8. The Balaban J connectivity index is 1.65. The van der Waals surface area contributed by atoms with Crippen LogP contribution < -0.4 is 11.1 Å². The molecule has 3 N–H and O–H groups in total. The van der Waals surface area contributed by atoms with Crippen LogP contribution in [0, 0.1) is 5.41 Å². The number of nitrogens with zero attached hydrogens (tertiary/aromatic N) is 1. The van der Waals surface area contributed by atoms with Crippen molar-refractivity contribution >= 4 is 17.6 Å². The van der Waals surface area contributed by atoms with E-state index in [2.05, 4.69) is 11.4 Å². The van der Waals surface area contributed by atoms with Gasteiger partial charge in [-0.1, -0.05) is 23.7 Å². The lowest BCUT2D eigenvalue weighted by molar-refractivity contribution is 0.118. The Labute approximate surface area is 137 Å². The maximum Gasteiger partial charge on any atom is 0.317 e. The highest BCUT2D eigenvalue weighted by Gasteiger charge is 2.38. The van der Waals surface area contributed by atoms with Crippen molar-refractivity contribution < 1.29 is 4.79 Å². The number of halogens is 1. The number of carbonyl (C=O) groups is 1. The average Bonchev–Trinajstić information content (AvgIpc) is 2.94. The van der Waals surface area contributed by atoms with Gasteiger partial charge in [0.15, 0.2) is 0 Å². The molecule has 0 aromatic heterocycles. The summed E-state index contributed by atoms with van der Waals surface area (Å²) in [6.45, 7) is 2.31. The van der Waals surface area contributed by atoms with E-state index < -0.39 is 0 Å². The molecule has 120 valence electrons. The van der Waals surface area contributed by atoms with Crippen LogP contribution in [0.5, 0.6) is 0 Å². The van der Waals surface area contributed by atoms with Crippen molar-refractivity contribution in [1.82, 2.24) is 10.2 Å². The monoisotopic (exact) mass is 321 g/mol. The van der Waals surface area contributed by atoms with Crippen LogP contribution in [-0.4, -0.2) is 36.6 Å². The second-order valence-electron chi connectivity index (χ2n) is 6.67. The van der Waals surface area contributed by atoms with Crippen LogP contribution in [0.15, 0.2) is 24.3 Å². The number of nitrogens with two attached hydrogens (primary N) is 1. The molecule has 1 saturated heterocycles. The van der Waals surface area contributed by atoms with Crippen molar-refractivity contribution in [3.05, 3.63) is 34.9 Å². The number of benzene rings is 1. The molecule has 1 heterocycles. The summed E-state index contributed by atoms with van der Waals surface area (Å²) in [5.74, 6) is 0. The molecule has 2 fully saturated rings. The van der Waals surface area contributed by atoms with Crippen molar-refractivity contribution in [2.45, 2.75) is 38.1 Å². The smallest absolute Gasteiger partial charge is 0.317 e. The predicted octanol–water partition coefficient (Wildman–Crippen LogP) is 2.80. The molecule has 1 aliphatic carbocycles. The van der Waals surface area contributed by atoms with Crippen molar-refractivity contribution in [3.63, 3.8) is 0 Å². The normalized spacial score (nSPS) is 28.7. The average molecular weight is 322 g/mol. The van der Waals surface area contributed by atoms with Gasteiger partial charge in [0.05, 0.1) is 0 Å². The fourth-order valence-electron chi connectivity index (χ4n) is 3.89. The predicted molar refractivity (Wildman–Crippen MR) is 89.0 cm³/mol. The van der Waals surface area contributed by atoms with E-state index >= 15 is 0 Å². The third-order valence-electron chi connectivity index (χ3n) is 5.25. The Morgan fingerprint density at radius 2 is 2.14 bits per heavy atom. The molecule has 4 nitrogen and oxygen atoms in total. The number of carbonyl (C=O) groups excluding carboxylic acids is 1. The summed E-state index contributed by atoms with van der Waals surface area (Å²) in [7, 11) is 0. The molecule has 1 aromatic carbocycles. The second-order valence-corrected chi connectivity index (χ2v) is 7.10. The lowest BCUT2D eigenvalue weighted by atomic mass is 9.69. The van der Waals surface area contributed by atoms with Crippen LogP contribution in [0.3, 0.4) is 0 Å². The Bertz CT molecular complexity index is 540. The van der Waals surface area contributed by atoms with E-state index in [4.69, 9.17) is 17.3 Å². The molecule has 0 spiro atoms. The molecule has 2 amide bonds. The maximum atomic E-state index is 11.8. The van der Waals surface area contributed by atoms with E-state index in [-0.39, 0.29) is 11.4 Å². The SMILES string of the molecule is NC[C@]1(Cc2cccc(Cl)c2)CC[C@H](N2CCNC2=O)CC1. The zero-order valence-corrected chi connectivity index (χ0v) is 13.6. The molecule has 0 atom stereocenters. The summed E-state index contributed by atoms with van der Waals surface area (Å²) >= 11 is 6.09. The first kappa shape index (κ1) is 15.6. The van der Waals surface area contributed by atoms with E-state index in [1.165, 1.54) is 5.56 Å². The van der Waals surface area contributed by atoms with Gasteiger partial charge in [0.2, 0.25) is 0 Å². The molecular formula is C17H24ClN3O. The van der Waals surface area contributed by atoms with Gasteiger partial charge in [-0.2, -0.15) is 0 Å². The van der Waals surface area contributed by atoms with E-state index in [1.807, 2.05) is 23.1 Å². The van der Waals surface area contributed by atoms with Gasteiger partial charge in [0, 0.05) is 24.2 Å². The van der Waals surface area contributed by atoms with Gasteiger partial charge < -0.3 is 16.0 Å². The molecule has 22 heavy (non-hydrogen) atoms. The zero-order valence-electron chi connectivity index (χ0n) is 12.9. The maximum absolute atomic E-state index is 11.8. The Morgan fingerprint density at radius 1 is 1.36 bits per heavy atom. The van der Waals surface area contributed by atoms with Crippen molar-refractivity contribution in [2.24, 2.45) is 11.1 Å². The lowest BCUT2D eigenvalue weighted by Crippen LogP contribution is -2.45. The van der Waals surface area contributed by atoms with Crippen molar-refractivity contribution in [2.75, 3.05) is 19.6 Å². The Kier molecular flexibility index (Phi) is 4.59. The first-order valence-corrected chi connectivity index (χ1v) is 8.49. The number of nitrogens with one attached hydrogen (secondary N) is 1. The first-order valence-electron chi connectivity index (χ1n) is 8.11. The molecule has 0 unspecified atom stereocenters. The summed E-state index contributed by atoms with van der Waals surface area (Å²) in [6, 6.07) is 8.55. The van der Waals surface area contributed by atoms with Gasteiger partial charge in [-0.15, -0.1) is 0 Å². The zero-order chi connectivity index (χ0) is 15.6. The van der Waals surface area contributed by atoms with E-state index in [9.17, 15) is 4.79 Å². The molecule has 3 rings (SSSR count). The van der Waals surface area contributed by atoms with Crippen LogP contribution >= 0.6 is 11.6 Å². The number of urea groups is 1.